The van der Waals surface area contributed by atoms with E-state index >= 15 is 0 Å². The summed E-state index contributed by atoms with van der Waals surface area (Å²) in [5.41, 5.74) is 0. The highest BCUT2D eigenvalue weighted by molar-refractivity contribution is 4.67. The highest BCUT2D eigenvalue weighted by atomic mass is 16.5. The van der Waals surface area contributed by atoms with Crippen molar-refractivity contribution in [3.05, 3.63) is 0 Å². The van der Waals surface area contributed by atoms with E-state index in [1.807, 2.05) is 0 Å². The van der Waals surface area contributed by atoms with Crippen molar-refractivity contribution in [2.75, 3.05) is 39.3 Å². The molecule has 1 aliphatic carbocycles. The number of nitrogens with zero attached hydrogens (tertiary/aromatic N) is 1. The zero-order valence-electron chi connectivity index (χ0n) is 11.1. The lowest BCUT2D eigenvalue weighted by Crippen LogP contribution is -2.27. The van der Waals surface area contributed by atoms with E-state index in [1.54, 1.807) is 0 Å². The van der Waals surface area contributed by atoms with E-state index in [4.69, 9.17) is 4.74 Å². The molecule has 100 valence electrons. The van der Waals surface area contributed by atoms with Crippen LogP contribution < -0.4 is 5.32 Å². The van der Waals surface area contributed by atoms with Crippen LogP contribution in [0.2, 0.25) is 0 Å². The molecule has 1 saturated heterocycles. The number of ether oxygens (including phenoxy) is 1. The number of hydrogen-bond acceptors (Lipinski definition) is 3. The Kier molecular flexibility index (Phi) is 6.32. The minimum atomic E-state index is 0.571. The third-order valence-corrected chi connectivity index (χ3v) is 3.96. The Labute approximate surface area is 106 Å². The summed E-state index contributed by atoms with van der Waals surface area (Å²) >= 11 is 0. The topological polar surface area (TPSA) is 24.5 Å². The molecule has 0 atom stereocenters. The van der Waals surface area contributed by atoms with Gasteiger partial charge in [-0.15, -0.1) is 0 Å². The van der Waals surface area contributed by atoms with Gasteiger partial charge in [-0.3, -0.25) is 0 Å². The largest absolute Gasteiger partial charge is 0.377 e. The molecule has 0 amide bonds. The lowest BCUT2D eigenvalue weighted by molar-refractivity contribution is 0.0604. The second kappa shape index (κ2) is 8.06. The van der Waals surface area contributed by atoms with Gasteiger partial charge < -0.3 is 15.0 Å². The molecule has 2 aliphatic rings. The van der Waals surface area contributed by atoms with Crippen molar-refractivity contribution in [3.8, 4) is 0 Å². The van der Waals surface area contributed by atoms with Gasteiger partial charge in [0.2, 0.25) is 0 Å². The summed E-state index contributed by atoms with van der Waals surface area (Å²) in [6.07, 6.45) is 9.97. The van der Waals surface area contributed by atoms with Crippen LogP contribution in [0.15, 0.2) is 0 Å². The fourth-order valence-electron chi connectivity index (χ4n) is 2.91. The van der Waals surface area contributed by atoms with Crippen molar-refractivity contribution in [2.24, 2.45) is 0 Å². The third-order valence-electron chi connectivity index (χ3n) is 3.96. The van der Waals surface area contributed by atoms with Crippen LogP contribution in [0.4, 0.5) is 0 Å². The molecule has 0 spiro atoms. The first-order chi connectivity index (χ1) is 8.45. The molecule has 2 rings (SSSR count). The molecular formula is C14H28N2O. The maximum absolute atomic E-state index is 5.81. The molecule has 0 unspecified atom stereocenters. The van der Waals surface area contributed by atoms with Crippen LogP contribution in [0, 0.1) is 0 Å². The summed E-state index contributed by atoms with van der Waals surface area (Å²) in [7, 11) is 0. The average Bonchev–Trinajstić information content (AvgIpc) is 3.00. The molecule has 0 bridgehead atoms. The molecule has 0 aromatic carbocycles. The van der Waals surface area contributed by atoms with Gasteiger partial charge in [0.1, 0.15) is 0 Å². The van der Waals surface area contributed by atoms with Crippen LogP contribution in [-0.2, 0) is 4.74 Å². The van der Waals surface area contributed by atoms with Gasteiger partial charge in [0.25, 0.3) is 0 Å². The molecule has 3 nitrogen and oxygen atoms in total. The number of hydrogen-bond donors (Lipinski definition) is 1. The van der Waals surface area contributed by atoms with Crippen LogP contribution in [-0.4, -0.2) is 50.3 Å². The first-order valence-corrected chi connectivity index (χ1v) is 7.50. The lowest BCUT2D eigenvalue weighted by atomic mass is 10.3. The quantitative estimate of drug-likeness (QED) is 0.657. The van der Waals surface area contributed by atoms with E-state index in [0.29, 0.717) is 6.10 Å². The molecule has 0 aromatic rings. The van der Waals surface area contributed by atoms with E-state index in [1.165, 1.54) is 64.6 Å². The Morgan fingerprint density at radius 1 is 1.00 bits per heavy atom. The van der Waals surface area contributed by atoms with E-state index in [0.717, 1.165) is 19.7 Å². The minimum absolute atomic E-state index is 0.571. The average molecular weight is 240 g/mol. The number of likely N-dealkylation sites (tertiary alicyclic amines) is 1. The minimum Gasteiger partial charge on any atom is -0.377 e. The smallest absolute Gasteiger partial charge is 0.0594 e. The predicted molar refractivity (Wildman–Crippen MR) is 71.4 cm³/mol. The second-order valence-electron chi connectivity index (χ2n) is 5.43. The van der Waals surface area contributed by atoms with Gasteiger partial charge in [-0.25, -0.2) is 0 Å². The first kappa shape index (κ1) is 13.3. The Morgan fingerprint density at radius 3 is 2.53 bits per heavy atom. The van der Waals surface area contributed by atoms with Crippen molar-refractivity contribution in [1.82, 2.24) is 10.2 Å². The predicted octanol–water partition coefficient (Wildman–Crippen LogP) is 2.02. The monoisotopic (exact) mass is 240 g/mol. The van der Waals surface area contributed by atoms with Gasteiger partial charge in [-0.2, -0.15) is 0 Å². The second-order valence-corrected chi connectivity index (χ2v) is 5.43. The zero-order valence-corrected chi connectivity index (χ0v) is 11.1. The highest BCUT2D eigenvalue weighted by Gasteiger charge is 2.14. The Balaban J connectivity index is 1.33. The molecule has 2 fully saturated rings. The Morgan fingerprint density at radius 2 is 1.76 bits per heavy atom. The van der Waals surface area contributed by atoms with Gasteiger partial charge in [-0.1, -0.05) is 12.8 Å². The van der Waals surface area contributed by atoms with Gasteiger partial charge in [0.05, 0.1) is 12.7 Å². The normalized spacial score (nSPS) is 22.6. The molecule has 0 aromatic heterocycles. The van der Waals surface area contributed by atoms with Gasteiger partial charge in [0.15, 0.2) is 0 Å². The molecule has 1 N–H and O–H groups in total. The maximum atomic E-state index is 5.81. The standard InChI is InChI=1S/C14H28N2O/c1-2-7-14(6-1)17-13-9-15-8-5-12-16-10-3-4-11-16/h14-15H,1-13H2. The number of rotatable bonds is 8. The van der Waals surface area contributed by atoms with E-state index in [9.17, 15) is 0 Å². The Hall–Kier alpha value is -0.120. The fraction of sp³-hybridized carbons (Fsp3) is 1.00. The van der Waals surface area contributed by atoms with Gasteiger partial charge in [-0.05, 0) is 58.3 Å². The third kappa shape index (κ3) is 5.36. The summed E-state index contributed by atoms with van der Waals surface area (Å²) in [5, 5.41) is 3.48. The number of nitrogens with one attached hydrogen (secondary N) is 1. The summed E-state index contributed by atoms with van der Waals surface area (Å²) in [5.74, 6) is 0. The summed E-state index contributed by atoms with van der Waals surface area (Å²) < 4.78 is 5.81. The van der Waals surface area contributed by atoms with Crippen LogP contribution in [0.25, 0.3) is 0 Å². The van der Waals surface area contributed by atoms with Crippen molar-refractivity contribution < 1.29 is 4.74 Å². The summed E-state index contributed by atoms with van der Waals surface area (Å²) in [6.45, 7) is 6.99. The summed E-state index contributed by atoms with van der Waals surface area (Å²) in [6, 6.07) is 0. The Bertz CT molecular complexity index is 167. The van der Waals surface area contributed by atoms with Gasteiger partial charge in [0, 0.05) is 6.54 Å². The maximum Gasteiger partial charge on any atom is 0.0594 e. The van der Waals surface area contributed by atoms with Crippen molar-refractivity contribution >= 4 is 0 Å². The molecule has 1 aliphatic heterocycles. The van der Waals surface area contributed by atoms with Crippen molar-refractivity contribution in [2.45, 2.75) is 51.0 Å². The lowest BCUT2D eigenvalue weighted by Gasteiger charge is -2.15. The van der Waals surface area contributed by atoms with E-state index < -0.39 is 0 Å². The van der Waals surface area contributed by atoms with E-state index in [-0.39, 0.29) is 0 Å². The van der Waals surface area contributed by atoms with Crippen LogP contribution in [0.5, 0.6) is 0 Å². The first-order valence-electron chi connectivity index (χ1n) is 7.50. The van der Waals surface area contributed by atoms with Crippen LogP contribution in [0.3, 0.4) is 0 Å². The molecular weight excluding hydrogens is 212 g/mol. The van der Waals surface area contributed by atoms with Crippen molar-refractivity contribution in [3.63, 3.8) is 0 Å². The van der Waals surface area contributed by atoms with Crippen LogP contribution in [0.1, 0.15) is 44.9 Å². The zero-order chi connectivity index (χ0) is 11.8. The molecule has 0 radical (unpaired) electrons. The van der Waals surface area contributed by atoms with Crippen LogP contribution >= 0.6 is 0 Å². The molecule has 1 saturated carbocycles. The summed E-state index contributed by atoms with van der Waals surface area (Å²) in [4.78, 5) is 2.58. The molecule has 3 heteroatoms. The fourth-order valence-corrected chi connectivity index (χ4v) is 2.91. The molecule has 17 heavy (non-hydrogen) atoms. The van der Waals surface area contributed by atoms with E-state index in [2.05, 4.69) is 10.2 Å². The molecule has 1 heterocycles. The highest BCUT2D eigenvalue weighted by Crippen LogP contribution is 2.20. The SMILES string of the molecule is C1CCC(OCCNCCCN2CCCC2)C1. The van der Waals surface area contributed by atoms with Crippen molar-refractivity contribution in [1.29, 1.82) is 0 Å². The van der Waals surface area contributed by atoms with Gasteiger partial charge >= 0.3 is 0 Å².